The highest BCUT2D eigenvalue weighted by molar-refractivity contribution is 7.88. The third kappa shape index (κ3) is 3.16. The van der Waals surface area contributed by atoms with Crippen molar-refractivity contribution in [2.24, 2.45) is 11.8 Å². The van der Waals surface area contributed by atoms with Gasteiger partial charge in [0.2, 0.25) is 10.0 Å². The van der Waals surface area contributed by atoms with Crippen LogP contribution in [0.3, 0.4) is 0 Å². The molecular formula is C19H25N5O3S. The van der Waals surface area contributed by atoms with E-state index in [0.29, 0.717) is 36.5 Å². The SMILES string of the molecule is CS(=O)(=O)N1CC[C@@H](Nc2cc3c(C4[C@H]5CNC[C@@H]45)nccc3cn2)[C@H](O)C1. The zero-order valence-corrected chi connectivity index (χ0v) is 16.6. The fraction of sp³-hybridized carbons (Fsp3) is 0.579. The molecule has 0 amide bonds. The minimum atomic E-state index is -3.28. The maximum absolute atomic E-state index is 11.7. The molecule has 9 heteroatoms. The Morgan fingerprint density at radius 3 is 2.79 bits per heavy atom. The van der Waals surface area contributed by atoms with Gasteiger partial charge in [-0.1, -0.05) is 0 Å². The number of aliphatic hydroxyl groups is 1. The van der Waals surface area contributed by atoms with Crippen LogP contribution >= 0.6 is 0 Å². The van der Waals surface area contributed by atoms with Crippen molar-refractivity contribution in [2.45, 2.75) is 24.5 Å². The number of sulfonamides is 1. The molecule has 2 aromatic rings. The number of β-amino-alcohol motifs (C(OH)–C–C–N with tert-alkyl or cyclic N) is 1. The van der Waals surface area contributed by atoms with E-state index in [4.69, 9.17) is 0 Å². The highest BCUT2D eigenvalue weighted by atomic mass is 32.2. The summed E-state index contributed by atoms with van der Waals surface area (Å²) in [5.41, 5.74) is 1.15. The molecule has 150 valence electrons. The molecule has 8 nitrogen and oxygen atoms in total. The number of nitrogens with zero attached hydrogens (tertiary/aromatic N) is 3. The number of fused-ring (bicyclic) bond motifs is 2. The number of nitrogens with one attached hydrogen (secondary N) is 2. The van der Waals surface area contributed by atoms with Gasteiger partial charge in [-0.2, -0.15) is 4.31 Å². The van der Waals surface area contributed by atoms with Crippen molar-refractivity contribution < 1.29 is 13.5 Å². The molecule has 1 aliphatic carbocycles. The first-order valence-electron chi connectivity index (χ1n) is 9.77. The number of anilines is 1. The minimum absolute atomic E-state index is 0.106. The number of pyridine rings is 2. The summed E-state index contributed by atoms with van der Waals surface area (Å²) < 4.78 is 24.7. The summed E-state index contributed by atoms with van der Waals surface area (Å²) in [6.45, 7) is 2.63. The maximum Gasteiger partial charge on any atom is 0.211 e. The molecule has 5 atom stereocenters. The molecule has 0 bridgehead atoms. The first-order chi connectivity index (χ1) is 13.4. The number of rotatable bonds is 4. The minimum Gasteiger partial charge on any atom is -0.390 e. The van der Waals surface area contributed by atoms with Crippen LogP contribution in [0.2, 0.25) is 0 Å². The third-order valence-electron chi connectivity index (χ3n) is 6.43. The molecule has 1 saturated carbocycles. The standard InChI is InChI=1S/C19H25N5O3S/c1-28(26,27)24-5-3-15(16(25)10-24)23-17-6-12-11(7-22-17)2-4-21-19(12)18-13-8-20-9-14(13)18/h2,4,6-7,13-16,18,20,25H,3,5,8-10H2,1H3,(H,22,23)/t13-,14+,15-,16-,18?/m1/s1. The van der Waals surface area contributed by atoms with Gasteiger partial charge < -0.3 is 15.7 Å². The van der Waals surface area contributed by atoms with Crippen LogP contribution in [0, 0.1) is 11.8 Å². The number of aliphatic hydroxyl groups excluding tert-OH is 1. The Balaban J connectivity index is 1.37. The molecule has 1 unspecified atom stereocenters. The molecule has 3 aliphatic rings. The van der Waals surface area contributed by atoms with E-state index in [9.17, 15) is 13.5 Å². The highest BCUT2D eigenvalue weighted by Gasteiger charge is 2.54. The van der Waals surface area contributed by atoms with Crippen molar-refractivity contribution in [1.29, 1.82) is 0 Å². The number of hydrogen-bond acceptors (Lipinski definition) is 7. The Labute approximate surface area is 164 Å². The summed E-state index contributed by atoms with van der Waals surface area (Å²) >= 11 is 0. The first-order valence-corrected chi connectivity index (χ1v) is 11.6. The molecule has 3 N–H and O–H groups in total. The van der Waals surface area contributed by atoms with E-state index in [2.05, 4.69) is 20.6 Å². The second-order valence-corrected chi connectivity index (χ2v) is 10.2. The van der Waals surface area contributed by atoms with Crippen LogP contribution < -0.4 is 10.6 Å². The van der Waals surface area contributed by atoms with E-state index in [1.807, 2.05) is 24.5 Å². The zero-order valence-electron chi connectivity index (χ0n) is 15.7. The lowest BCUT2D eigenvalue weighted by atomic mass is 10.0. The number of piperidine rings is 2. The van der Waals surface area contributed by atoms with Crippen LogP contribution in [0.15, 0.2) is 24.5 Å². The predicted molar refractivity (Wildman–Crippen MR) is 107 cm³/mol. The molecule has 0 aromatic carbocycles. The topological polar surface area (TPSA) is 107 Å². The Hall–Kier alpha value is -1.81. The highest BCUT2D eigenvalue weighted by Crippen LogP contribution is 2.56. The molecule has 2 aromatic heterocycles. The van der Waals surface area contributed by atoms with Gasteiger partial charge in [0, 0.05) is 42.2 Å². The molecule has 2 saturated heterocycles. The second kappa shape index (κ2) is 6.62. The van der Waals surface area contributed by atoms with Crippen molar-refractivity contribution in [3.63, 3.8) is 0 Å². The van der Waals surface area contributed by atoms with Gasteiger partial charge >= 0.3 is 0 Å². The van der Waals surface area contributed by atoms with Crippen LogP contribution in [-0.2, 0) is 10.0 Å². The van der Waals surface area contributed by atoms with E-state index in [0.717, 1.165) is 29.6 Å². The molecule has 0 radical (unpaired) electrons. The van der Waals surface area contributed by atoms with Crippen molar-refractivity contribution in [1.82, 2.24) is 19.6 Å². The molecule has 3 fully saturated rings. The first kappa shape index (κ1) is 18.2. The Kier molecular flexibility index (Phi) is 4.31. The molecule has 4 heterocycles. The molecule has 0 spiro atoms. The lowest BCUT2D eigenvalue weighted by Crippen LogP contribution is -2.51. The summed E-state index contributed by atoms with van der Waals surface area (Å²) in [6, 6.07) is 3.77. The Bertz CT molecular complexity index is 1000. The van der Waals surface area contributed by atoms with E-state index >= 15 is 0 Å². The molecule has 28 heavy (non-hydrogen) atoms. The van der Waals surface area contributed by atoms with Gasteiger partial charge in [-0.15, -0.1) is 0 Å². The van der Waals surface area contributed by atoms with Crippen LogP contribution in [0.25, 0.3) is 10.8 Å². The lowest BCUT2D eigenvalue weighted by Gasteiger charge is -2.35. The molecule has 2 aliphatic heterocycles. The average molecular weight is 404 g/mol. The summed E-state index contributed by atoms with van der Waals surface area (Å²) in [6.07, 6.45) is 4.64. The van der Waals surface area contributed by atoms with E-state index in [1.54, 1.807) is 0 Å². The van der Waals surface area contributed by atoms with Gasteiger partial charge in [0.1, 0.15) is 5.82 Å². The summed E-state index contributed by atoms with van der Waals surface area (Å²) in [7, 11) is -3.28. The number of aromatic nitrogens is 2. The van der Waals surface area contributed by atoms with Gasteiger partial charge in [-0.25, -0.2) is 13.4 Å². The Morgan fingerprint density at radius 1 is 1.29 bits per heavy atom. The predicted octanol–water partition coefficient (Wildman–Crippen LogP) is 0.369. The maximum atomic E-state index is 11.7. The third-order valence-corrected chi connectivity index (χ3v) is 7.70. The fourth-order valence-corrected chi connectivity index (χ4v) is 5.68. The molecular weight excluding hydrogens is 378 g/mol. The lowest BCUT2D eigenvalue weighted by molar-refractivity contribution is 0.0952. The van der Waals surface area contributed by atoms with Crippen LogP contribution in [0.1, 0.15) is 18.0 Å². The number of hydrogen-bond donors (Lipinski definition) is 3. The van der Waals surface area contributed by atoms with Crippen LogP contribution in [0.5, 0.6) is 0 Å². The largest absolute Gasteiger partial charge is 0.390 e. The summed E-state index contributed by atoms with van der Waals surface area (Å²) in [4.78, 5) is 9.19. The summed E-state index contributed by atoms with van der Waals surface area (Å²) in [5, 5.41) is 19.3. The van der Waals surface area contributed by atoms with E-state index < -0.39 is 16.1 Å². The quantitative estimate of drug-likeness (QED) is 0.677. The summed E-state index contributed by atoms with van der Waals surface area (Å²) in [5.74, 6) is 2.58. The van der Waals surface area contributed by atoms with Crippen molar-refractivity contribution in [2.75, 3.05) is 37.8 Å². The monoisotopic (exact) mass is 403 g/mol. The van der Waals surface area contributed by atoms with Crippen LogP contribution in [0.4, 0.5) is 5.82 Å². The van der Waals surface area contributed by atoms with Gasteiger partial charge in [0.15, 0.2) is 0 Å². The van der Waals surface area contributed by atoms with Gasteiger partial charge in [-0.05, 0) is 43.5 Å². The Morgan fingerprint density at radius 2 is 2.07 bits per heavy atom. The van der Waals surface area contributed by atoms with Crippen LogP contribution in [-0.4, -0.2) is 72.4 Å². The normalized spacial score (nSPS) is 33.0. The smallest absolute Gasteiger partial charge is 0.211 e. The van der Waals surface area contributed by atoms with Crippen molar-refractivity contribution in [3.05, 3.63) is 30.2 Å². The molecule has 5 rings (SSSR count). The average Bonchev–Trinajstić information content (AvgIpc) is 3.12. The van der Waals surface area contributed by atoms with E-state index in [-0.39, 0.29) is 12.6 Å². The second-order valence-electron chi connectivity index (χ2n) is 8.23. The van der Waals surface area contributed by atoms with Gasteiger partial charge in [0.25, 0.3) is 0 Å². The van der Waals surface area contributed by atoms with Gasteiger partial charge in [0.05, 0.1) is 24.1 Å². The van der Waals surface area contributed by atoms with E-state index in [1.165, 1.54) is 10.6 Å². The zero-order chi connectivity index (χ0) is 19.5. The fourth-order valence-electron chi connectivity index (χ4n) is 4.82. The van der Waals surface area contributed by atoms with Gasteiger partial charge in [-0.3, -0.25) is 4.98 Å². The van der Waals surface area contributed by atoms with Crippen molar-refractivity contribution >= 4 is 26.6 Å². The van der Waals surface area contributed by atoms with Crippen molar-refractivity contribution in [3.8, 4) is 0 Å².